The number of aryl methyl sites for hydroxylation is 2. The zero-order valence-corrected chi connectivity index (χ0v) is 17.8. The monoisotopic (exact) mass is 429 g/mol. The molecule has 31 heavy (non-hydrogen) atoms. The third-order valence-corrected chi connectivity index (χ3v) is 5.96. The normalized spacial score (nSPS) is 11.2. The molecular weight excluding hydrogens is 410 g/mol. The van der Waals surface area contributed by atoms with E-state index in [1.54, 1.807) is 23.0 Å². The van der Waals surface area contributed by atoms with Gasteiger partial charge in [0.05, 0.1) is 16.1 Å². The first-order valence-electron chi connectivity index (χ1n) is 9.82. The molecule has 9 heteroatoms. The first-order chi connectivity index (χ1) is 15.1. The molecule has 0 aliphatic heterocycles. The maximum atomic E-state index is 12.9. The van der Waals surface area contributed by atoms with Crippen LogP contribution in [0.3, 0.4) is 0 Å². The summed E-state index contributed by atoms with van der Waals surface area (Å²) in [5.74, 6) is 0.558. The van der Waals surface area contributed by atoms with Crippen LogP contribution in [0.15, 0.2) is 60.9 Å². The van der Waals surface area contributed by atoms with Gasteiger partial charge in [0.2, 0.25) is 0 Å². The van der Waals surface area contributed by atoms with Crippen molar-refractivity contribution in [3.63, 3.8) is 0 Å². The molecule has 0 saturated carbocycles. The topological polar surface area (TPSA) is 90.5 Å². The second kappa shape index (κ2) is 7.77. The van der Waals surface area contributed by atoms with Gasteiger partial charge in [0.25, 0.3) is 5.91 Å². The molecule has 0 aliphatic carbocycles. The van der Waals surface area contributed by atoms with Gasteiger partial charge < -0.3 is 4.57 Å². The number of amides is 1. The summed E-state index contributed by atoms with van der Waals surface area (Å²) in [6.07, 6.45) is 3.64. The number of rotatable bonds is 5. The predicted molar refractivity (Wildman–Crippen MR) is 121 cm³/mol. The van der Waals surface area contributed by atoms with Gasteiger partial charge in [-0.25, -0.2) is 14.6 Å². The second-order valence-electron chi connectivity index (χ2n) is 6.99. The Morgan fingerprint density at radius 1 is 1.16 bits per heavy atom. The number of aromatic nitrogens is 6. The van der Waals surface area contributed by atoms with Crippen molar-refractivity contribution in [2.75, 3.05) is 5.32 Å². The van der Waals surface area contributed by atoms with E-state index < -0.39 is 0 Å². The van der Waals surface area contributed by atoms with Gasteiger partial charge in [-0.3, -0.25) is 10.1 Å². The Morgan fingerprint density at radius 2 is 2.00 bits per heavy atom. The molecule has 154 valence electrons. The average Bonchev–Trinajstić information content (AvgIpc) is 3.51. The number of carbonyl (C=O) groups excluding carboxylic acids is 1. The van der Waals surface area contributed by atoms with Crippen molar-refractivity contribution in [1.29, 1.82) is 0 Å². The van der Waals surface area contributed by atoms with Crippen LogP contribution in [0.1, 0.15) is 17.3 Å². The van der Waals surface area contributed by atoms with Gasteiger partial charge in [0.15, 0.2) is 11.0 Å². The number of fused-ring (bicyclic) bond motifs is 1. The van der Waals surface area contributed by atoms with Gasteiger partial charge in [-0.15, -0.1) is 5.10 Å². The largest absolute Gasteiger partial charge is 0.333 e. The highest BCUT2D eigenvalue weighted by Crippen LogP contribution is 2.38. The molecule has 0 saturated heterocycles. The lowest BCUT2D eigenvalue weighted by Crippen LogP contribution is -2.11. The Balaban J connectivity index is 1.50. The zero-order valence-electron chi connectivity index (χ0n) is 17.0. The summed E-state index contributed by atoms with van der Waals surface area (Å²) >= 11 is 1.40. The Hall–Kier alpha value is -3.85. The van der Waals surface area contributed by atoms with E-state index in [0.29, 0.717) is 16.2 Å². The van der Waals surface area contributed by atoms with E-state index in [1.165, 1.54) is 11.3 Å². The van der Waals surface area contributed by atoms with Gasteiger partial charge in [-0.2, -0.15) is 0 Å². The highest BCUT2D eigenvalue weighted by atomic mass is 32.1. The second-order valence-corrected chi connectivity index (χ2v) is 7.99. The van der Waals surface area contributed by atoms with Crippen molar-refractivity contribution < 1.29 is 4.79 Å². The summed E-state index contributed by atoms with van der Waals surface area (Å²) in [7, 11) is 1.94. The lowest BCUT2D eigenvalue weighted by molar-refractivity contribution is 0.102. The van der Waals surface area contributed by atoms with E-state index >= 15 is 0 Å². The molecule has 5 rings (SSSR count). The molecule has 0 unspecified atom stereocenters. The van der Waals surface area contributed by atoms with Crippen LogP contribution >= 0.6 is 11.3 Å². The molecule has 1 N–H and O–H groups in total. The van der Waals surface area contributed by atoms with E-state index in [-0.39, 0.29) is 5.91 Å². The van der Waals surface area contributed by atoms with Crippen LogP contribution in [-0.2, 0) is 13.6 Å². The van der Waals surface area contributed by atoms with Crippen molar-refractivity contribution in [3.05, 3.63) is 66.5 Å². The minimum Gasteiger partial charge on any atom is -0.333 e. The molecule has 0 bridgehead atoms. The maximum absolute atomic E-state index is 12.9. The highest BCUT2D eigenvalue weighted by Gasteiger charge is 2.20. The van der Waals surface area contributed by atoms with Gasteiger partial charge >= 0.3 is 0 Å². The fourth-order valence-corrected chi connectivity index (χ4v) is 4.44. The lowest BCUT2D eigenvalue weighted by Gasteiger charge is -2.02. The van der Waals surface area contributed by atoms with Crippen molar-refractivity contribution >= 4 is 33.4 Å². The molecule has 0 atom stereocenters. The van der Waals surface area contributed by atoms with Gasteiger partial charge in [-0.05, 0) is 25.1 Å². The van der Waals surface area contributed by atoms with E-state index in [1.807, 2.05) is 61.1 Å². The average molecular weight is 430 g/mol. The summed E-state index contributed by atoms with van der Waals surface area (Å²) < 4.78 is 3.74. The molecule has 8 nitrogen and oxygen atoms in total. The van der Waals surface area contributed by atoms with E-state index in [9.17, 15) is 4.79 Å². The molecular formula is C22H19N7OS. The standard InChI is InChI=1S/C22H19N7OS/c1-3-29-17-10-9-15(13-16(17)26-27-29)21(30)25-22-24-18(14-7-5-4-6-8-14)19(31-22)20-23-11-12-28(20)2/h4-13H,3H2,1-2H3,(H,24,25,30). The van der Waals surface area contributed by atoms with Crippen molar-refractivity contribution in [2.45, 2.75) is 13.5 Å². The summed E-state index contributed by atoms with van der Waals surface area (Å²) in [6.45, 7) is 2.72. The number of nitrogens with one attached hydrogen (secondary N) is 1. The number of hydrogen-bond acceptors (Lipinski definition) is 6. The number of thiazole rings is 1. The van der Waals surface area contributed by atoms with Crippen molar-refractivity contribution in [3.8, 4) is 22.0 Å². The van der Waals surface area contributed by atoms with E-state index in [0.717, 1.165) is 34.0 Å². The van der Waals surface area contributed by atoms with Crippen LogP contribution in [0, 0.1) is 0 Å². The lowest BCUT2D eigenvalue weighted by atomic mass is 10.1. The summed E-state index contributed by atoms with van der Waals surface area (Å²) in [5, 5.41) is 11.7. The van der Waals surface area contributed by atoms with Gasteiger partial charge in [-0.1, -0.05) is 46.9 Å². The molecule has 5 aromatic rings. The molecule has 2 aromatic carbocycles. The predicted octanol–water partition coefficient (Wildman–Crippen LogP) is 4.23. The Bertz CT molecular complexity index is 1380. The zero-order chi connectivity index (χ0) is 21.4. The number of carbonyl (C=O) groups is 1. The van der Waals surface area contributed by atoms with Crippen molar-refractivity contribution in [2.24, 2.45) is 7.05 Å². The molecule has 0 fully saturated rings. The van der Waals surface area contributed by atoms with Crippen LogP contribution in [0.2, 0.25) is 0 Å². The smallest absolute Gasteiger partial charge is 0.257 e. The number of benzene rings is 2. The fourth-order valence-electron chi connectivity index (χ4n) is 3.42. The number of nitrogens with zero attached hydrogens (tertiary/aromatic N) is 6. The van der Waals surface area contributed by atoms with Crippen LogP contribution in [-0.4, -0.2) is 35.4 Å². The third-order valence-electron chi connectivity index (χ3n) is 4.99. The molecule has 3 aromatic heterocycles. The summed E-state index contributed by atoms with van der Waals surface area (Å²) in [5.41, 5.74) is 3.85. The van der Waals surface area contributed by atoms with E-state index in [4.69, 9.17) is 4.98 Å². The van der Waals surface area contributed by atoms with Crippen LogP contribution < -0.4 is 5.32 Å². The maximum Gasteiger partial charge on any atom is 0.257 e. The van der Waals surface area contributed by atoms with Crippen LogP contribution in [0.5, 0.6) is 0 Å². The number of imidazole rings is 1. The summed E-state index contributed by atoms with van der Waals surface area (Å²) in [6, 6.07) is 15.3. The fraction of sp³-hybridized carbons (Fsp3) is 0.136. The molecule has 1 amide bonds. The SMILES string of the molecule is CCn1nnc2cc(C(=O)Nc3nc(-c4ccccc4)c(-c4nccn4C)s3)ccc21. The summed E-state index contributed by atoms with van der Waals surface area (Å²) in [4.78, 5) is 23.0. The molecule has 0 radical (unpaired) electrons. The Morgan fingerprint density at radius 3 is 2.74 bits per heavy atom. The Labute approximate surface area is 182 Å². The van der Waals surface area contributed by atoms with Gasteiger partial charge in [0.1, 0.15) is 5.52 Å². The Kier molecular flexibility index (Phi) is 4.79. The first kappa shape index (κ1) is 19.1. The number of hydrogen-bond donors (Lipinski definition) is 1. The quantitative estimate of drug-likeness (QED) is 0.452. The van der Waals surface area contributed by atoms with Crippen LogP contribution in [0.25, 0.3) is 33.0 Å². The van der Waals surface area contributed by atoms with E-state index in [2.05, 4.69) is 20.6 Å². The minimum absolute atomic E-state index is 0.243. The van der Waals surface area contributed by atoms with Crippen molar-refractivity contribution in [1.82, 2.24) is 29.5 Å². The first-order valence-corrected chi connectivity index (χ1v) is 10.6. The molecule has 3 heterocycles. The third kappa shape index (κ3) is 3.49. The molecule has 0 aliphatic rings. The van der Waals surface area contributed by atoms with Gasteiger partial charge in [0, 0.05) is 37.1 Å². The van der Waals surface area contributed by atoms with Crippen LogP contribution in [0.4, 0.5) is 5.13 Å². The highest BCUT2D eigenvalue weighted by molar-refractivity contribution is 7.19. The molecule has 0 spiro atoms. The number of anilines is 1. The minimum atomic E-state index is -0.243.